The van der Waals surface area contributed by atoms with Crippen molar-refractivity contribution in [3.8, 4) is 0 Å². The van der Waals surface area contributed by atoms with Crippen molar-refractivity contribution >= 4 is 46.7 Å². The van der Waals surface area contributed by atoms with Gasteiger partial charge in [0, 0.05) is 19.3 Å². The van der Waals surface area contributed by atoms with E-state index in [2.05, 4.69) is 4.98 Å². The molecule has 1 unspecified atom stereocenters. The molecule has 1 aliphatic rings. The Labute approximate surface area is 137 Å². The lowest BCUT2D eigenvalue weighted by Crippen LogP contribution is -2.43. The molecule has 0 bridgehead atoms. The van der Waals surface area contributed by atoms with Crippen molar-refractivity contribution in [2.75, 3.05) is 20.2 Å². The molecule has 1 fully saturated rings. The smallest absolute Gasteiger partial charge is 0.310 e. The van der Waals surface area contributed by atoms with Gasteiger partial charge in [-0.2, -0.15) is 0 Å². The van der Waals surface area contributed by atoms with Crippen LogP contribution in [0.2, 0.25) is 15.1 Å². The predicted molar refractivity (Wildman–Crippen MR) is 79.9 cm³/mol. The van der Waals surface area contributed by atoms with Crippen LogP contribution in [0.25, 0.3) is 0 Å². The number of amides is 1. The number of carbonyl (C=O) groups is 2. The maximum atomic E-state index is 12.5. The second-order valence-corrected chi connectivity index (χ2v) is 5.86. The average Bonchev–Trinajstić information content (AvgIpc) is 2.51. The van der Waals surface area contributed by atoms with Gasteiger partial charge in [-0.25, -0.2) is 4.98 Å². The number of pyridine rings is 1. The molecule has 114 valence electrons. The van der Waals surface area contributed by atoms with Crippen molar-refractivity contribution in [1.82, 2.24) is 9.88 Å². The van der Waals surface area contributed by atoms with Crippen molar-refractivity contribution in [3.63, 3.8) is 0 Å². The first-order valence-electron chi connectivity index (χ1n) is 6.32. The molecule has 1 atom stereocenters. The zero-order chi connectivity index (χ0) is 15.6. The van der Waals surface area contributed by atoms with E-state index >= 15 is 0 Å². The second-order valence-electron chi connectivity index (χ2n) is 4.70. The SMILES string of the molecule is COC(=O)C1CCCN(C(=O)c2ncc(Cl)c(Cl)c2Cl)C1. The fourth-order valence-corrected chi connectivity index (χ4v) is 2.82. The molecule has 0 spiro atoms. The molecule has 1 aliphatic heterocycles. The molecule has 21 heavy (non-hydrogen) atoms. The van der Waals surface area contributed by atoms with E-state index in [-0.39, 0.29) is 45.1 Å². The second kappa shape index (κ2) is 6.81. The predicted octanol–water partition coefficient (Wildman–Crippen LogP) is 3.07. The minimum absolute atomic E-state index is 0.0226. The number of ether oxygens (including phenoxy) is 1. The largest absolute Gasteiger partial charge is 0.469 e. The molecular weight excluding hydrogens is 339 g/mol. The zero-order valence-corrected chi connectivity index (χ0v) is 13.5. The van der Waals surface area contributed by atoms with Crippen LogP contribution in [0, 0.1) is 5.92 Å². The highest BCUT2D eigenvalue weighted by molar-refractivity contribution is 6.48. The minimum Gasteiger partial charge on any atom is -0.469 e. The standard InChI is InChI=1S/C13H13Cl3N2O3/c1-21-13(20)7-3-2-4-18(6-7)12(19)11-10(16)9(15)8(14)5-17-11/h5,7H,2-4,6H2,1H3. The Morgan fingerprint density at radius 2 is 2.05 bits per heavy atom. The molecule has 0 N–H and O–H groups in total. The van der Waals surface area contributed by atoms with E-state index in [9.17, 15) is 9.59 Å². The van der Waals surface area contributed by atoms with E-state index in [1.165, 1.54) is 18.2 Å². The Morgan fingerprint density at radius 1 is 1.33 bits per heavy atom. The van der Waals surface area contributed by atoms with Gasteiger partial charge in [0.2, 0.25) is 0 Å². The summed E-state index contributed by atoms with van der Waals surface area (Å²) >= 11 is 17.7. The highest BCUT2D eigenvalue weighted by Crippen LogP contribution is 2.32. The number of piperidine rings is 1. The van der Waals surface area contributed by atoms with E-state index < -0.39 is 0 Å². The summed E-state index contributed by atoms with van der Waals surface area (Å²) in [4.78, 5) is 29.5. The molecule has 1 saturated heterocycles. The van der Waals surface area contributed by atoms with Crippen molar-refractivity contribution in [1.29, 1.82) is 0 Å². The summed E-state index contributed by atoms with van der Waals surface area (Å²) in [6, 6.07) is 0. The number of aromatic nitrogens is 1. The quantitative estimate of drug-likeness (QED) is 0.768. The van der Waals surface area contributed by atoms with Crippen LogP contribution in [0.1, 0.15) is 23.3 Å². The number of hydrogen-bond acceptors (Lipinski definition) is 4. The normalized spacial score (nSPS) is 18.5. The van der Waals surface area contributed by atoms with Crippen LogP contribution in [0.4, 0.5) is 0 Å². The van der Waals surface area contributed by atoms with Crippen molar-refractivity contribution in [2.45, 2.75) is 12.8 Å². The summed E-state index contributed by atoms with van der Waals surface area (Å²) in [6.45, 7) is 0.814. The van der Waals surface area contributed by atoms with Gasteiger partial charge in [-0.3, -0.25) is 9.59 Å². The zero-order valence-electron chi connectivity index (χ0n) is 11.2. The molecule has 2 heterocycles. The summed E-state index contributed by atoms with van der Waals surface area (Å²) < 4.78 is 4.72. The van der Waals surface area contributed by atoms with Crippen LogP contribution in [-0.4, -0.2) is 42.0 Å². The van der Waals surface area contributed by atoms with Gasteiger partial charge in [-0.15, -0.1) is 0 Å². The fraction of sp³-hybridized carbons (Fsp3) is 0.462. The molecule has 0 aliphatic carbocycles. The first-order chi connectivity index (χ1) is 9.95. The third-order valence-corrected chi connectivity index (χ3v) is 4.60. The Balaban J connectivity index is 2.20. The number of halogens is 3. The topological polar surface area (TPSA) is 59.5 Å². The Kier molecular flexibility index (Phi) is 5.30. The summed E-state index contributed by atoms with van der Waals surface area (Å²) in [6.07, 6.45) is 2.69. The van der Waals surface area contributed by atoms with E-state index in [0.29, 0.717) is 19.4 Å². The van der Waals surface area contributed by atoms with Gasteiger partial charge in [0.1, 0.15) is 5.69 Å². The lowest BCUT2D eigenvalue weighted by atomic mass is 9.98. The first-order valence-corrected chi connectivity index (χ1v) is 7.45. The number of methoxy groups -OCH3 is 1. The van der Waals surface area contributed by atoms with Gasteiger partial charge in [-0.1, -0.05) is 34.8 Å². The number of likely N-dealkylation sites (tertiary alicyclic amines) is 1. The Bertz CT molecular complexity index is 580. The van der Waals surface area contributed by atoms with Gasteiger partial charge in [0.15, 0.2) is 0 Å². The molecule has 5 nitrogen and oxygen atoms in total. The van der Waals surface area contributed by atoms with E-state index in [1.807, 2.05) is 0 Å². The van der Waals surface area contributed by atoms with Crippen LogP contribution in [0.3, 0.4) is 0 Å². The molecule has 0 aromatic carbocycles. The molecule has 1 aromatic rings. The molecule has 2 rings (SSSR count). The lowest BCUT2D eigenvalue weighted by Gasteiger charge is -2.31. The number of rotatable bonds is 2. The number of carbonyl (C=O) groups excluding carboxylic acids is 2. The summed E-state index contributed by atoms with van der Waals surface area (Å²) in [5, 5.41) is 0.303. The molecule has 0 radical (unpaired) electrons. The van der Waals surface area contributed by atoms with Gasteiger partial charge >= 0.3 is 5.97 Å². The molecule has 1 amide bonds. The summed E-state index contributed by atoms with van der Waals surface area (Å²) in [7, 11) is 1.33. The average molecular weight is 352 g/mol. The molecule has 0 saturated carbocycles. The summed E-state index contributed by atoms with van der Waals surface area (Å²) in [5.74, 6) is -1.01. The molecule has 1 aromatic heterocycles. The minimum atomic E-state index is -0.368. The number of nitrogens with zero attached hydrogens (tertiary/aromatic N) is 2. The van der Waals surface area contributed by atoms with Crippen molar-refractivity contribution in [2.24, 2.45) is 5.92 Å². The van der Waals surface area contributed by atoms with Crippen molar-refractivity contribution < 1.29 is 14.3 Å². The molecule has 8 heteroatoms. The first kappa shape index (κ1) is 16.3. The Morgan fingerprint density at radius 3 is 2.71 bits per heavy atom. The third kappa shape index (κ3) is 3.42. The maximum Gasteiger partial charge on any atom is 0.310 e. The highest BCUT2D eigenvalue weighted by Gasteiger charge is 2.31. The monoisotopic (exact) mass is 350 g/mol. The molecular formula is C13H13Cl3N2O3. The van der Waals surface area contributed by atoms with Gasteiger partial charge in [0.25, 0.3) is 5.91 Å². The third-order valence-electron chi connectivity index (χ3n) is 3.36. The van der Waals surface area contributed by atoms with E-state index in [0.717, 1.165) is 0 Å². The maximum absolute atomic E-state index is 12.5. The fourth-order valence-electron chi connectivity index (χ4n) is 2.26. The van der Waals surface area contributed by atoms with Gasteiger partial charge in [0.05, 0.1) is 28.1 Å². The Hall–Kier alpha value is -1.04. The lowest BCUT2D eigenvalue weighted by molar-refractivity contribution is -0.146. The van der Waals surface area contributed by atoms with Crippen molar-refractivity contribution in [3.05, 3.63) is 27.0 Å². The van der Waals surface area contributed by atoms with Crippen LogP contribution in [-0.2, 0) is 9.53 Å². The van der Waals surface area contributed by atoms with Crippen LogP contribution >= 0.6 is 34.8 Å². The van der Waals surface area contributed by atoms with Gasteiger partial charge < -0.3 is 9.64 Å². The van der Waals surface area contributed by atoms with Crippen LogP contribution in [0.5, 0.6) is 0 Å². The summed E-state index contributed by atoms with van der Waals surface area (Å²) in [5.41, 5.74) is 0.0385. The van der Waals surface area contributed by atoms with Gasteiger partial charge in [-0.05, 0) is 12.8 Å². The van der Waals surface area contributed by atoms with Crippen LogP contribution in [0.15, 0.2) is 6.20 Å². The van der Waals surface area contributed by atoms with E-state index in [4.69, 9.17) is 39.5 Å². The van der Waals surface area contributed by atoms with E-state index in [1.54, 1.807) is 0 Å². The van der Waals surface area contributed by atoms with Crippen LogP contribution < -0.4 is 0 Å². The number of hydrogen-bond donors (Lipinski definition) is 0. The number of esters is 1. The highest BCUT2D eigenvalue weighted by atomic mass is 35.5.